The Kier molecular flexibility index (Phi) is 33.1. The number of nitrogens with one attached hydrogen (secondary N) is 3. The Morgan fingerprint density at radius 1 is 0.491 bits per heavy atom. The molecule has 344 valence electrons. The van der Waals surface area contributed by atoms with Crippen LogP contribution in [0, 0.1) is 59.2 Å². The van der Waals surface area contributed by atoms with E-state index in [9.17, 15) is 0 Å². The van der Waals surface area contributed by atoms with Crippen LogP contribution in [0.2, 0.25) is 0 Å². The van der Waals surface area contributed by atoms with Crippen LogP contribution in [0.25, 0.3) is 0 Å². The fraction of sp³-hybridized carbons (Fsp3) is 1.00. The first kappa shape index (κ1) is 56.7. The van der Waals surface area contributed by atoms with Crippen molar-refractivity contribution in [3.63, 3.8) is 0 Å². The van der Waals surface area contributed by atoms with E-state index in [1.807, 2.05) is 0 Å². The van der Waals surface area contributed by atoms with Gasteiger partial charge in [0.2, 0.25) is 0 Å². The van der Waals surface area contributed by atoms with Gasteiger partial charge in [0.25, 0.3) is 0 Å². The summed E-state index contributed by atoms with van der Waals surface area (Å²) in [5.74, 6) is 8.61. The van der Waals surface area contributed by atoms with E-state index in [-0.39, 0.29) is 7.43 Å². The molecule has 3 N–H and O–H groups in total. The van der Waals surface area contributed by atoms with Crippen LogP contribution in [-0.2, 0) is 14.2 Å². The average Bonchev–Trinajstić information content (AvgIpc) is 3.84. The molecule has 0 aromatic rings. The minimum absolute atomic E-state index is 0. The summed E-state index contributed by atoms with van der Waals surface area (Å²) in [6, 6.07) is 1.56. The first-order chi connectivity index (χ1) is 26.5. The number of ether oxygens (including phenoxy) is 3. The maximum atomic E-state index is 5.41. The summed E-state index contributed by atoms with van der Waals surface area (Å²) in [6.07, 6.45) is 8.48. The average molecular weight is 812 g/mol. The van der Waals surface area contributed by atoms with E-state index in [1.54, 1.807) is 0 Å². The molecule has 7 aliphatic heterocycles. The van der Waals surface area contributed by atoms with Crippen molar-refractivity contribution in [2.75, 3.05) is 99.0 Å². The first-order valence-electron chi connectivity index (χ1n) is 23.9. The van der Waals surface area contributed by atoms with Gasteiger partial charge in [-0.15, -0.1) is 0 Å². The van der Waals surface area contributed by atoms with Gasteiger partial charge in [-0.1, -0.05) is 90.5 Å². The summed E-state index contributed by atoms with van der Waals surface area (Å²) in [5.41, 5.74) is 0. The van der Waals surface area contributed by atoms with Gasteiger partial charge in [0.05, 0.1) is 19.3 Å². The molecule has 8 nitrogen and oxygen atoms in total. The molecule has 0 saturated carbocycles. The number of likely N-dealkylation sites (N-methyl/N-ethyl adjacent to an activating group) is 1. The van der Waals surface area contributed by atoms with E-state index in [2.05, 4.69) is 130 Å². The standard InChI is InChI=1S/C9H20N2.C7H15N.2C7H14O.2C6H13N.C6H12O.CH4/c1-9(2)11-6-4-5-10(3)7-8-11;2*1-6(2)7-3-4-8-5-7;1-6(2)7-4-3-5-8-7;1-5(2)6-3-7-4-6;1-5(2)6-3-4-7-6;1-5(2)6-3-7-4-6;/h9H,4-8H2,1-3H3;6-8H,3-5H2,1-2H3;2*6-7H,3-5H2,1-2H3;2*5-7H,3-4H2,1-2H3;5-6H,3-4H2,1-2H3;1H4. The molecule has 7 rings (SSSR count). The van der Waals surface area contributed by atoms with Crippen LogP contribution in [0.15, 0.2) is 0 Å². The highest BCUT2D eigenvalue weighted by atomic mass is 16.5. The van der Waals surface area contributed by atoms with Crippen molar-refractivity contribution in [2.45, 2.75) is 161 Å². The molecule has 0 aromatic carbocycles. The maximum Gasteiger partial charge on any atom is 0.0598 e. The lowest BCUT2D eigenvalue weighted by atomic mass is 9.91. The molecule has 8 heteroatoms. The summed E-state index contributed by atoms with van der Waals surface area (Å²) in [7, 11) is 2.21. The number of hydrogen-bond acceptors (Lipinski definition) is 8. The van der Waals surface area contributed by atoms with Crippen LogP contribution in [0.5, 0.6) is 0 Å². The van der Waals surface area contributed by atoms with Crippen LogP contribution < -0.4 is 16.0 Å². The molecule has 7 fully saturated rings. The van der Waals surface area contributed by atoms with Crippen LogP contribution in [-0.4, -0.2) is 127 Å². The highest BCUT2D eigenvalue weighted by molar-refractivity contribution is 4.79. The molecule has 7 aliphatic rings. The number of nitrogens with zero attached hydrogens (tertiary/aromatic N) is 2. The Labute approximate surface area is 358 Å². The molecule has 0 radical (unpaired) electrons. The van der Waals surface area contributed by atoms with Gasteiger partial charge in [-0.05, 0) is 158 Å². The van der Waals surface area contributed by atoms with Crippen LogP contribution >= 0.6 is 0 Å². The van der Waals surface area contributed by atoms with Gasteiger partial charge in [-0.2, -0.15) is 0 Å². The highest BCUT2D eigenvalue weighted by Gasteiger charge is 2.22. The Morgan fingerprint density at radius 3 is 1.30 bits per heavy atom. The van der Waals surface area contributed by atoms with Gasteiger partial charge < -0.3 is 35.1 Å². The summed E-state index contributed by atoms with van der Waals surface area (Å²) < 4.78 is 15.6. The van der Waals surface area contributed by atoms with Crippen molar-refractivity contribution in [3.8, 4) is 0 Å². The molecule has 4 atom stereocenters. The van der Waals surface area contributed by atoms with Gasteiger partial charge in [-0.3, -0.25) is 4.90 Å². The third-order valence-corrected chi connectivity index (χ3v) is 13.2. The zero-order valence-corrected chi connectivity index (χ0v) is 40.3. The molecule has 0 aliphatic carbocycles. The SMILES string of the molecule is C.CC(C)C1CCCO1.CC(C)C1CCN1.CC(C)C1CCNC1.CC(C)C1CCOC1.CC(C)C1CNC1.CC(C)C1COC1.CC(C)N1CCCN(C)CC1. The van der Waals surface area contributed by atoms with Crippen LogP contribution in [0.3, 0.4) is 0 Å². The van der Waals surface area contributed by atoms with E-state index < -0.39 is 0 Å². The molecule has 0 bridgehead atoms. The monoisotopic (exact) mass is 812 g/mol. The second-order valence-corrected chi connectivity index (χ2v) is 20.2. The summed E-state index contributed by atoms with van der Waals surface area (Å²) in [6.45, 7) is 47.9. The molecule has 0 amide bonds. The second kappa shape index (κ2) is 33.3. The summed E-state index contributed by atoms with van der Waals surface area (Å²) in [4.78, 5) is 4.98. The normalized spacial score (nSPS) is 26.4. The van der Waals surface area contributed by atoms with Gasteiger partial charge in [0, 0.05) is 50.9 Å². The van der Waals surface area contributed by atoms with Crippen molar-refractivity contribution >= 4 is 0 Å². The second-order valence-electron chi connectivity index (χ2n) is 20.2. The van der Waals surface area contributed by atoms with Crippen molar-refractivity contribution in [2.24, 2.45) is 59.2 Å². The predicted octanol–water partition coefficient (Wildman–Crippen LogP) is 9.58. The van der Waals surface area contributed by atoms with Crippen LogP contribution in [0.1, 0.15) is 143 Å². The molecule has 0 aromatic heterocycles. The first-order valence-corrected chi connectivity index (χ1v) is 23.9. The van der Waals surface area contributed by atoms with Gasteiger partial charge in [-0.25, -0.2) is 0 Å². The zero-order chi connectivity index (χ0) is 42.0. The Morgan fingerprint density at radius 2 is 1.07 bits per heavy atom. The zero-order valence-electron chi connectivity index (χ0n) is 40.3. The van der Waals surface area contributed by atoms with Gasteiger partial charge in [0.1, 0.15) is 0 Å². The maximum absolute atomic E-state index is 5.41. The quantitative estimate of drug-likeness (QED) is 0.235. The van der Waals surface area contributed by atoms with E-state index in [0.717, 1.165) is 104 Å². The Hall–Kier alpha value is -0.320. The fourth-order valence-electron chi connectivity index (χ4n) is 7.34. The van der Waals surface area contributed by atoms with Gasteiger partial charge >= 0.3 is 0 Å². The van der Waals surface area contributed by atoms with E-state index >= 15 is 0 Å². The minimum atomic E-state index is 0. The lowest BCUT2D eigenvalue weighted by Crippen LogP contribution is -2.46. The van der Waals surface area contributed by atoms with E-state index in [1.165, 1.54) is 97.4 Å². The Balaban J connectivity index is 0.000000643. The lowest BCUT2D eigenvalue weighted by molar-refractivity contribution is -0.0534. The lowest BCUT2D eigenvalue weighted by Gasteiger charge is -2.30. The third-order valence-electron chi connectivity index (χ3n) is 13.2. The molecule has 0 spiro atoms. The van der Waals surface area contributed by atoms with E-state index in [0.29, 0.717) is 6.10 Å². The van der Waals surface area contributed by atoms with Crippen molar-refractivity contribution in [3.05, 3.63) is 0 Å². The molecule has 57 heavy (non-hydrogen) atoms. The van der Waals surface area contributed by atoms with Crippen molar-refractivity contribution < 1.29 is 14.2 Å². The number of rotatable bonds is 7. The van der Waals surface area contributed by atoms with Crippen LogP contribution in [0.4, 0.5) is 0 Å². The molecule has 4 unspecified atom stereocenters. The summed E-state index contributed by atoms with van der Waals surface area (Å²) >= 11 is 0. The fourth-order valence-corrected chi connectivity index (χ4v) is 7.34. The third kappa shape index (κ3) is 26.6. The number of hydrogen-bond donors (Lipinski definition) is 3. The van der Waals surface area contributed by atoms with Gasteiger partial charge in [0.15, 0.2) is 0 Å². The molecular formula is C49H105N5O3. The highest BCUT2D eigenvalue weighted by Crippen LogP contribution is 2.21. The Bertz CT molecular complexity index is 780. The van der Waals surface area contributed by atoms with Crippen molar-refractivity contribution in [1.82, 2.24) is 25.8 Å². The topological polar surface area (TPSA) is 70.3 Å². The van der Waals surface area contributed by atoms with E-state index in [4.69, 9.17) is 14.2 Å². The molecular weight excluding hydrogens is 707 g/mol. The largest absolute Gasteiger partial charge is 0.381 e. The smallest absolute Gasteiger partial charge is 0.0598 e. The molecule has 7 saturated heterocycles. The molecule has 7 heterocycles. The minimum Gasteiger partial charge on any atom is -0.381 e. The summed E-state index contributed by atoms with van der Waals surface area (Å²) in [5, 5.41) is 9.94. The predicted molar refractivity (Wildman–Crippen MR) is 251 cm³/mol. The van der Waals surface area contributed by atoms with Crippen molar-refractivity contribution in [1.29, 1.82) is 0 Å².